The van der Waals surface area contributed by atoms with Crippen LogP contribution in [0.5, 0.6) is 23.0 Å². The molecule has 0 aliphatic heterocycles. The first-order valence-corrected chi connectivity index (χ1v) is 12.0. The van der Waals surface area contributed by atoms with E-state index in [0.717, 1.165) is 39.6 Å². The third kappa shape index (κ3) is 6.64. The summed E-state index contributed by atoms with van der Waals surface area (Å²) in [5, 5.41) is 2.01. The molecule has 0 saturated carbocycles. The molecule has 0 spiro atoms. The van der Waals surface area contributed by atoms with Gasteiger partial charge in [0.15, 0.2) is 0 Å². The number of ether oxygens (including phenoxy) is 4. The first-order valence-electron chi connectivity index (χ1n) is 12.0. The van der Waals surface area contributed by atoms with E-state index in [9.17, 15) is 4.79 Å². The zero-order chi connectivity index (χ0) is 26.2. The van der Waals surface area contributed by atoms with Crippen molar-refractivity contribution in [3.05, 3.63) is 118 Å². The molecular formula is C30H32N2O5. The highest BCUT2D eigenvalue weighted by molar-refractivity contribution is 5.33. The second kappa shape index (κ2) is 12.0. The van der Waals surface area contributed by atoms with Crippen LogP contribution in [-0.2, 0) is 19.7 Å². The van der Waals surface area contributed by atoms with Gasteiger partial charge in [0.2, 0.25) is 0 Å². The second-order valence-electron chi connectivity index (χ2n) is 8.65. The Kier molecular flexibility index (Phi) is 8.36. The Bertz CT molecular complexity index is 1350. The van der Waals surface area contributed by atoms with Gasteiger partial charge >= 0.3 is 0 Å². The van der Waals surface area contributed by atoms with Crippen molar-refractivity contribution < 1.29 is 18.9 Å². The van der Waals surface area contributed by atoms with Gasteiger partial charge in [-0.1, -0.05) is 36.4 Å². The molecule has 0 atom stereocenters. The van der Waals surface area contributed by atoms with Crippen LogP contribution in [-0.4, -0.2) is 26.0 Å². The maximum Gasteiger partial charge on any atom is 0.272 e. The molecule has 0 fully saturated rings. The fourth-order valence-electron chi connectivity index (χ4n) is 4.20. The minimum Gasteiger partial charge on any atom is -0.497 e. The lowest BCUT2D eigenvalue weighted by molar-refractivity contribution is 0.303. The van der Waals surface area contributed by atoms with Crippen LogP contribution in [0.1, 0.15) is 22.4 Å². The van der Waals surface area contributed by atoms with E-state index in [1.54, 1.807) is 26.0 Å². The maximum atomic E-state index is 13.4. The van der Waals surface area contributed by atoms with Crippen LogP contribution < -0.4 is 29.5 Å². The third-order valence-corrected chi connectivity index (χ3v) is 5.98. The Morgan fingerprint density at radius 2 is 1.14 bits per heavy atom. The summed E-state index contributed by atoms with van der Waals surface area (Å²) in [5.74, 6) is 2.82. The maximum absolute atomic E-state index is 13.4. The molecule has 0 saturated heterocycles. The van der Waals surface area contributed by atoms with Crippen molar-refractivity contribution >= 4 is 0 Å². The normalized spacial score (nSPS) is 10.6. The summed E-state index contributed by atoms with van der Waals surface area (Å²) in [6.45, 7) is 3.24. The van der Waals surface area contributed by atoms with Gasteiger partial charge in [-0.2, -0.15) is 0 Å². The molecule has 1 aromatic heterocycles. The van der Waals surface area contributed by atoms with Crippen LogP contribution in [0, 0.1) is 6.92 Å². The summed E-state index contributed by atoms with van der Waals surface area (Å²) in [5.41, 5.74) is 3.59. The van der Waals surface area contributed by atoms with Gasteiger partial charge in [0, 0.05) is 17.8 Å². The number of hydrogen-bond donors (Lipinski definition) is 0. The van der Waals surface area contributed by atoms with Crippen molar-refractivity contribution in [3.8, 4) is 23.0 Å². The first-order chi connectivity index (χ1) is 18.0. The Balaban J connectivity index is 1.63. The number of rotatable bonds is 11. The Morgan fingerprint density at radius 3 is 1.62 bits per heavy atom. The lowest BCUT2D eigenvalue weighted by atomic mass is 10.1. The molecule has 192 valence electrons. The van der Waals surface area contributed by atoms with E-state index in [1.807, 2.05) is 90.8 Å². The molecule has 4 aromatic rings. The summed E-state index contributed by atoms with van der Waals surface area (Å²) >= 11 is 0. The van der Waals surface area contributed by atoms with Crippen molar-refractivity contribution in [2.24, 2.45) is 0 Å². The van der Waals surface area contributed by atoms with Crippen molar-refractivity contribution in [1.82, 2.24) is 4.68 Å². The van der Waals surface area contributed by atoms with Crippen LogP contribution in [0.2, 0.25) is 0 Å². The van der Waals surface area contributed by atoms with E-state index in [4.69, 9.17) is 18.9 Å². The van der Waals surface area contributed by atoms with E-state index in [0.29, 0.717) is 25.4 Å². The van der Waals surface area contributed by atoms with Gasteiger partial charge in [-0.25, -0.2) is 4.68 Å². The summed E-state index contributed by atoms with van der Waals surface area (Å²) in [6, 6.07) is 26.8. The first kappa shape index (κ1) is 25.7. The molecule has 7 nitrogen and oxygen atoms in total. The van der Waals surface area contributed by atoms with E-state index in [1.165, 1.54) is 6.07 Å². The minimum absolute atomic E-state index is 0.175. The van der Waals surface area contributed by atoms with Gasteiger partial charge in [0.1, 0.15) is 29.6 Å². The standard InChI is InChI=1S/C30H32N2O5/c1-22-14-29(37-21-25-10-7-13-28(17-25)36-4)18-30(33)32(22)31(19-23-8-5-11-26(15-23)34-2)20-24-9-6-12-27(16-24)35-3/h5-18H,19-21H2,1-4H3. The molecule has 7 heteroatoms. The molecule has 0 bridgehead atoms. The topological polar surface area (TPSA) is 62.2 Å². The molecule has 3 aromatic carbocycles. The second-order valence-corrected chi connectivity index (χ2v) is 8.65. The van der Waals surface area contributed by atoms with Gasteiger partial charge in [-0.15, -0.1) is 0 Å². The van der Waals surface area contributed by atoms with Crippen LogP contribution in [0.25, 0.3) is 0 Å². The van der Waals surface area contributed by atoms with Crippen molar-refractivity contribution in [3.63, 3.8) is 0 Å². The number of benzene rings is 3. The molecular weight excluding hydrogens is 468 g/mol. The molecule has 0 aliphatic rings. The lowest BCUT2D eigenvalue weighted by Gasteiger charge is -2.29. The molecule has 4 rings (SSSR count). The molecule has 0 amide bonds. The van der Waals surface area contributed by atoms with Gasteiger partial charge in [-0.05, 0) is 60.0 Å². The number of aryl methyl sites for hydroxylation is 1. The van der Waals surface area contributed by atoms with Crippen LogP contribution in [0.3, 0.4) is 0 Å². The predicted molar refractivity (Wildman–Crippen MR) is 144 cm³/mol. The highest BCUT2D eigenvalue weighted by atomic mass is 16.5. The molecule has 0 N–H and O–H groups in total. The third-order valence-electron chi connectivity index (χ3n) is 5.98. The fourth-order valence-corrected chi connectivity index (χ4v) is 4.20. The largest absolute Gasteiger partial charge is 0.497 e. The Morgan fingerprint density at radius 1 is 0.649 bits per heavy atom. The molecule has 1 heterocycles. The van der Waals surface area contributed by atoms with Crippen molar-refractivity contribution in [2.45, 2.75) is 26.6 Å². The Hall–Kier alpha value is -4.39. The van der Waals surface area contributed by atoms with E-state index >= 15 is 0 Å². The minimum atomic E-state index is -0.175. The van der Waals surface area contributed by atoms with E-state index in [2.05, 4.69) is 0 Å². The predicted octanol–water partition coefficient (Wildman–Crippen LogP) is 5.10. The van der Waals surface area contributed by atoms with E-state index in [-0.39, 0.29) is 5.56 Å². The number of methoxy groups -OCH3 is 3. The lowest BCUT2D eigenvalue weighted by Crippen LogP contribution is -2.42. The zero-order valence-corrected chi connectivity index (χ0v) is 21.6. The molecule has 37 heavy (non-hydrogen) atoms. The Labute approximate surface area is 217 Å². The monoisotopic (exact) mass is 500 g/mol. The van der Waals surface area contributed by atoms with Crippen LogP contribution in [0.15, 0.2) is 89.7 Å². The van der Waals surface area contributed by atoms with Gasteiger partial charge < -0.3 is 24.0 Å². The molecule has 0 aliphatic carbocycles. The van der Waals surface area contributed by atoms with Gasteiger partial charge in [0.05, 0.1) is 34.4 Å². The van der Waals surface area contributed by atoms with Gasteiger partial charge in [-0.3, -0.25) is 4.79 Å². The van der Waals surface area contributed by atoms with Crippen LogP contribution >= 0.6 is 0 Å². The average Bonchev–Trinajstić information content (AvgIpc) is 2.92. The van der Waals surface area contributed by atoms with E-state index < -0.39 is 0 Å². The number of hydrogen-bond acceptors (Lipinski definition) is 6. The number of aromatic nitrogens is 1. The summed E-state index contributed by atoms with van der Waals surface area (Å²) in [4.78, 5) is 13.4. The average molecular weight is 501 g/mol. The summed E-state index contributed by atoms with van der Waals surface area (Å²) in [7, 11) is 4.92. The summed E-state index contributed by atoms with van der Waals surface area (Å²) < 4.78 is 23.7. The number of nitrogens with zero attached hydrogens (tertiary/aromatic N) is 2. The smallest absolute Gasteiger partial charge is 0.272 e. The summed E-state index contributed by atoms with van der Waals surface area (Å²) in [6.07, 6.45) is 0. The van der Waals surface area contributed by atoms with Gasteiger partial charge in [0.25, 0.3) is 5.56 Å². The molecule has 0 radical (unpaired) electrons. The molecule has 0 unspecified atom stereocenters. The highest BCUT2D eigenvalue weighted by Crippen LogP contribution is 2.20. The highest BCUT2D eigenvalue weighted by Gasteiger charge is 2.15. The SMILES string of the molecule is COc1cccc(COc2cc(C)n(N(Cc3cccc(OC)c3)Cc3cccc(OC)c3)c(=O)c2)c1. The fraction of sp³-hybridized carbons (Fsp3) is 0.233. The van der Waals surface area contributed by atoms with Crippen LogP contribution in [0.4, 0.5) is 0 Å². The number of pyridine rings is 1. The quantitative estimate of drug-likeness (QED) is 0.286. The zero-order valence-electron chi connectivity index (χ0n) is 21.6. The van der Waals surface area contributed by atoms with Crippen molar-refractivity contribution in [2.75, 3.05) is 26.3 Å². The van der Waals surface area contributed by atoms with Crippen molar-refractivity contribution in [1.29, 1.82) is 0 Å².